The Bertz CT molecular complexity index is 434. The second kappa shape index (κ2) is 4.40. The van der Waals surface area contributed by atoms with Gasteiger partial charge in [-0.15, -0.1) is 0 Å². The Balaban J connectivity index is 2.16. The molecule has 0 saturated heterocycles. The first-order chi connectivity index (χ1) is 8.03. The average Bonchev–Trinajstić information content (AvgIpc) is 2.73. The SMILES string of the molecule is Cc1c(O)cccc1NC(=O)C1(C)CCCC1. The van der Waals surface area contributed by atoms with Gasteiger partial charge in [-0.1, -0.05) is 25.8 Å². The molecule has 1 fully saturated rings. The highest BCUT2D eigenvalue weighted by atomic mass is 16.3. The highest BCUT2D eigenvalue weighted by Gasteiger charge is 2.36. The smallest absolute Gasteiger partial charge is 0.230 e. The van der Waals surface area contributed by atoms with E-state index in [2.05, 4.69) is 5.32 Å². The van der Waals surface area contributed by atoms with Crippen LogP contribution in [0.4, 0.5) is 5.69 Å². The molecule has 1 saturated carbocycles. The molecule has 0 atom stereocenters. The molecule has 17 heavy (non-hydrogen) atoms. The first-order valence-electron chi connectivity index (χ1n) is 6.13. The van der Waals surface area contributed by atoms with Crippen LogP contribution in [0, 0.1) is 12.3 Å². The van der Waals surface area contributed by atoms with Crippen molar-refractivity contribution in [2.24, 2.45) is 5.41 Å². The minimum Gasteiger partial charge on any atom is -0.508 e. The zero-order valence-corrected chi connectivity index (χ0v) is 10.4. The number of hydrogen-bond donors (Lipinski definition) is 2. The van der Waals surface area contributed by atoms with E-state index < -0.39 is 0 Å². The zero-order valence-electron chi connectivity index (χ0n) is 10.4. The molecule has 1 amide bonds. The fourth-order valence-corrected chi connectivity index (χ4v) is 2.41. The first kappa shape index (κ1) is 12.0. The van der Waals surface area contributed by atoms with Crippen molar-refractivity contribution in [3.8, 4) is 5.75 Å². The number of benzene rings is 1. The zero-order chi connectivity index (χ0) is 12.5. The summed E-state index contributed by atoms with van der Waals surface area (Å²) in [4.78, 5) is 12.2. The van der Waals surface area contributed by atoms with Gasteiger partial charge in [0.05, 0.1) is 0 Å². The van der Waals surface area contributed by atoms with Crippen LogP contribution in [0.5, 0.6) is 5.75 Å². The molecule has 3 heteroatoms. The lowest BCUT2D eigenvalue weighted by Gasteiger charge is -2.23. The van der Waals surface area contributed by atoms with Gasteiger partial charge in [0.25, 0.3) is 0 Å². The van der Waals surface area contributed by atoms with Crippen molar-refractivity contribution in [2.45, 2.75) is 39.5 Å². The Morgan fingerprint density at radius 3 is 2.65 bits per heavy atom. The molecule has 1 aliphatic carbocycles. The van der Waals surface area contributed by atoms with Gasteiger partial charge in [0.1, 0.15) is 5.75 Å². The van der Waals surface area contributed by atoms with Crippen LogP contribution in [-0.4, -0.2) is 11.0 Å². The lowest BCUT2D eigenvalue weighted by atomic mass is 9.87. The average molecular weight is 233 g/mol. The predicted molar refractivity (Wildman–Crippen MR) is 68.0 cm³/mol. The Morgan fingerprint density at radius 2 is 2.00 bits per heavy atom. The molecule has 2 N–H and O–H groups in total. The van der Waals surface area contributed by atoms with E-state index in [9.17, 15) is 9.90 Å². The molecule has 0 radical (unpaired) electrons. The molecule has 0 bridgehead atoms. The monoisotopic (exact) mass is 233 g/mol. The number of anilines is 1. The van der Waals surface area contributed by atoms with Crippen LogP contribution < -0.4 is 5.32 Å². The maximum atomic E-state index is 12.2. The third kappa shape index (κ3) is 2.28. The minimum absolute atomic E-state index is 0.0729. The molecule has 0 aromatic heterocycles. The van der Waals surface area contributed by atoms with Crippen LogP contribution >= 0.6 is 0 Å². The van der Waals surface area contributed by atoms with Gasteiger partial charge in [-0.2, -0.15) is 0 Å². The molecule has 2 rings (SSSR count). The van der Waals surface area contributed by atoms with Gasteiger partial charge < -0.3 is 10.4 Å². The van der Waals surface area contributed by atoms with E-state index in [0.29, 0.717) is 5.69 Å². The van der Waals surface area contributed by atoms with E-state index in [-0.39, 0.29) is 17.1 Å². The number of amides is 1. The van der Waals surface area contributed by atoms with E-state index in [1.807, 2.05) is 19.9 Å². The van der Waals surface area contributed by atoms with Crippen LogP contribution in [0.25, 0.3) is 0 Å². The normalized spacial score (nSPS) is 18.0. The summed E-state index contributed by atoms with van der Waals surface area (Å²) in [5.74, 6) is 0.295. The minimum atomic E-state index is -0.238. The second-order valence-corrected chi connectivity index (χ2v) is 5.17. The maximum Gasteiger partial charge on any atom is 0.230 e. The van der Waals surface area contributed by atoms with Gasteiger partial charge in [0, 0.05) is 16.7 Å². The number of carbonyl (C=O) groups excluding carboxylic acids is 1. The Morgan fingerprint density at radius 1 is 1.35 bits per heavy atom. The summed E-state index contributed by atoms with van der Waals surface area (Å²) in [5.41, 5.74) is 1.20. The first-order valence-corrected chi connectivity index (χ1v) is 6.13. The third-order valence-electron chi connectivity index (χ3n) is 3.81. The molecule has 0 heterocycles. The van der Waals surface area contributed by atoms with Crippen molar-refractivity contribution in [3.63, 3.8) is 0 Å². The fourth-order valence-electron chi connectivity index (χ4n) is 2.41. The van der Waals surface area contributed by atoms with E-state index in [1.165, 1.54) is 0 Å². The van der Waals surface area contributed by atoms with E-state index >= 15 is 0 Å². The lowest BCUT2D eigenvalue weighted by Crippen LogP contribution is -2.31. The fraction of sp³-hybridized carbons (Fsp3) is 0.500. The van der Waals surface area contributed by atoms with Gasteiger partial charge in [-0.25, -0.2) is 0 Å². The number of carbonyl (C=O) groups is 1. The maximum absolute atomic E-state index is 12.2. The van der Waals surface area contributed by atoms with Crippen LogP contribution in [-0.2, 0) is 4.79 Å². The second-order valence-electron chi connectivity index (χ2n) is 5.17. The highest BCUT2D eigenvalue weighted by molar-refractivity contribution is 5.96. The molecule has 1 aromatic carbocycles. The van der Waals surface area contributed by atoms with Crippen molar-refractivity contribution >= 4 is 11.6 Å². The highest BCUT2D eigenvalue weighted by Crippen LogP contribution is 2.38. The van der Waals surface area contributed by atoms with Gasteiger partial charge in [0.15, 0.2) is 0 Å². The van der Waals surface area contributed by atoms with Crippen LogP contribution in [0.3, 0.4) is 0 Å². The quantitative estimate of drug-likeness (QED) is 0.824. The largest absolute Gasteiger partial charge is 0.508 e. The molecular formula is C14H19NO2. The summed E-state index contributed by atoms with van der Waals surface area (Å²) in [7, 11) is 0. The standard InChI is InChI=1S/C14H19NO2/c1-10-11(6-5-7-12(10)16)15-13(17)14(2)8-3-4-9-14/h5-7,16H,3-4,8-9H2,1-2H3,(H,15,17). The van der Waals surface area contributed by atoms with Gasteiger partial charge in [-0.3, -0.25) is 4.79 Å². The van der Waals surface area contributed by atoms with Gasteiger partial charge in [0.2, 0.25) is 5.91 Å². The Labute approximate surface area is 102 Å². The van der Waals surface area contributed by atoms with Gasteiger partial charge >= 0.3 is 0 Å². The van der Waals surface area contributed by atoms with Crippen molar-refractivity contribution in [3.05, 3.63) is 23.8 Å². The molecule has 92 valence electrons. The van der Waals surface area contributed by atoms with Gasteiger partial charge in [-0.05, 0) is 31.9 Å². The topological polar surface area (TPSA) is 49.3 Å². The lowest BCUT2D eigenvalue weighted by molar-refractivity contribution is -0.124. The number of nitrogens with one attached hydrogen (secondary N) is 1. The van der Waals surface area contributed by atoms with Crippen molar-refractivity contribution in [1.29, 1.82) is 0 Å². The number of rotatable bonds is 2. The molecule has 3 nitrogen and oxygen atoms in total. The predicted octanol–water partition coefficient (Wildman–Crippen LogP) is 3.22. The summed E-state index contributed by atoms with van der Waals surface area (Å²) in [6, 6.07) is 5.20. The van der Waals surface area contributed by atoms with E-state index in [0.717, 1.165) is 31.2 Å². The number of hydrogen-bond acceptors (Lipinski definition) is 2. The summed E-state index contributed by atoms with van der Waals surface area (Å²) < 4.78 is 0. The summed E-state index contributed by atoms with van der Waals surface area (Å²) >= 11 is 0. The van der Waals surface area contributed by atoms with E-state index in [4.69, 9.17) is 0 Å². The molecule has 1 aliphatic rings. The summed E-state index contributed by atoms with van der Waals surface area (Å²) in [5, 5.41) is 12.5. The van der Waals surface area contributed by atoms with Crippen molar-refractivity contribution < 1.29 is 9.90 Å². The molecule has 0 spiro atoms. The number of aromatic hydroxyl groups is 1. The van der Waals surface area contributed by atoms with Crippen LogP contribution in [0.2, 0.25) is 0 Å². The molecule has 1 aromatic rings. The Kier molecular flexibility index (Phi) is 3.09. The number of phenolic OH excluding ortho intramolecular Hbond substituents is 1. The summed E-state index contributed by atoms with van der Waals surface area (Å²) in [6.45, 7) is 3.83. The van der Waals surface area contributed by atoms with Crippen LogP contribution in [0.1, 0.15) is 38.2 Å². The van der Waals surface area contributed by atoms with E-state index in [1.54, 1.807) is 12.1 Å². The summed E-state index contributed by atoms with van der Waals surface area (Å²) in [6.07, 6.45) is 4.17. The van der Waals surface area contributed by atoms with Crippen molar-refractivity contribution in [1.82, 2.24) is 0 Å². The van der Waals surface area contributed by atoms with Crippen molar-refractivity contribution in [2.75, 3.05) is 5.32 Å². The molecule has 0 unspecified atom stereocenters. The number of phenols is 1. The third-order valence-corrected chi connectivity index (χ3v) is 3.81. The molecular weight excluding hydrogens is 214 g/mol. The molecule has 0 aliphatic heterocycles. The Hall–Kier alpha value is -1.51. The van der Waals surface area contributed by atoms with Crippen LogP contribution in [0.15, 0.2) is 18.2 Å².